The molecule has 0 saturated carbocycles. The van der Waals surface area contributed by atoms with Crippen molar-refractivity contribution in [1.29, 1.82) is 0 Å². The van der Waals surface area contributed by atoms with Crippen molar-refractivity contribution in [3.63, 3.8) is 0 Å². The lowest BCUT2D eigenvalue weighted by Gasteiger charge is -2.35. The molecule has 6 heteroatoms. The van der Waals surface area contributed by atoms with Crippen molar-refractivity contribution >= 4 is 21.6 Å². The average Bonchev–Trinajstić information content (AvgIpc) is 2.57. The van der Waals surface area contributed by atoms with Crippen molar-refractivity contribution in [3.8, 4) is 5.75 Å². The minimum atomic E-state index is 0.719. The molecule has 2 aliphatic rings. The van der Waals surface area contributed by atoms with Gasteiger partial charge in [-0.1, -0.05) is 15.9 Å². The first-order valence-electron chi connectivity index (χ1n) is 8.38. The van der Waals surface area contributed by atoms with E-state index in [2.05, 4.69) is 55.9 Å². The monoisotopic (exact) mass is 383 g/mol. The van der Waals surface area contributed by atoms with Gasteiger partial charge in [0.25, 0.3) is 0 Å². The van der Waals surface area contributed by atoms with Gasteiger partial charge in [0.1, 0.15) is 12.4 Å². The van der Waals surface area contributed by atoms with Crippen molar-refractivity contribution in [2.24, 2.45) is 0 Å². The molecule has 23 heavy (non-hydrogen) atoms. The minimum Gasteiger partial charge on any atom is -0.490 e. The Morgan fingerprint density at radius 3 is 2.57 bits per heavy atom. The Balaban J connectivity index is 1.59. The van der Waals surface area contributed by atoms with Gasteiger partial charge in [0.05, 0.1) is 18.9 Å². The molecule has 128 valence electrons. The molecule has 2 saturated heterocycles. The molecule has 0 N–H and O–H groups in total. The first kappa shape index (κ1) is 17.0. The molecule has 0 amide bonds. The second-order valence-electron chi connectivity index (χ2n) is 6.20. The summed E-state index contributed by atoms with van der Waals surface area (Å²) in [7, 11) is 2.18. The van der Waals surface area contributed by atoms with Crippen LogP contribution in [0.4, 0.5) is 5.69 Å². The van der Waals surface area contributed by atoms with Gasteiger partial charge in [-0.2, -0.15) is 0 Å². The van der Waals surface area contributed by atoms with Crippen LogP contribution in [0, 0.1) is 0 Å². The fourth-order valence-corrected chi connectivity index (χ4v) is 3.36. The SMILES string of the molecule is CN1CCN(c2ccc(Br)cc2OCCN2CCOCC2)CC1. The van der Waals surface area contributed by atoms with Crippen LogP contribution in [0.2, 0.25) is 0 Å². The van der Waals surface area contributed by atoms with E-state index in [-0.39, 0.29) is 0 Å². The Labute approximate surface area is 147 Å². The number of morpholine rings is 1. The summed E-state index contributed by atoms with van der Waals surface area (Å²) in [5.74, 6) is 0.984. The first-order valence-corrected chi connectivity index (χ1v) is 9.17. The Hall–Kier alpha value is -0.820. The zero-order chi connectivity index (χ0) is 16.1. The highest BCUT2D eigenvalue weighted by Gasteiger charge is 2.18. The van der Waals surface area contributed by atoms with Crippen molar-refractivity contribution in [1.82, 2.24) is 9.80 Å². The number of benzene rings is 1. The standard InChI is InChI=1S/C17H26BrN3O2/c1-19-4-6-21(7-5-19)16-3-2-15(18)14-17(16)23-13-10-20-8-11-22-12-9-20/h2-3,14H,4-13H2,1H3. The Morgan fingerprint density at radius 1 is 1.09 bits per heavy atom. The number of hydrogen-bond donors (Lipinski definition) is 0. The smallest absolute Gasteiger partial charge is 0.143 e. The van der Waals surface area contributed by atoms with Crippen molar-refractivity contribution < 1.29 is 9.47 Å². The van der Waals surface area contributed by atoms with E-state index >= 15 is 0 Å². The van der Waals surface area contributed by atoms with Gasteiger partial charge in [0.2, 0.25) is 0 Å². The van der Waals surface area contributed by atoms with Gasteiger partial charge < -0.3 is 19.3 Å². The normalized spacial score (nSPS) is 20.7. The van der Waals surface area contributed by atoms with E-state index in [1.54, 1.807) is 0 Å². The van der Waals surface area contributed by atoms with Gasteiger partial charge in [-0.15, -0.1) is 0 Å². The highest BCUT2D eigenvalue weighted by atomic mass is 79.9. The van der Waals surface area contributed by atoms with Crippen LogP contribution in [0.5, 0.6) is 5.75 Å². The first-order chi connectivity index (χ1) is 11.2. The third-order valence-corrected chi connectivity index (χ3v) is 5.03. The predicted molar refractivity (Wildman–Crippen MR) is 96.6 cm³/mol. The molecule has 2 heterocycles. The van der Waals surface area contributed by atoms with Gasteiger partial charge in [-0.05, 0) is 25.2 Å². The van der Waals surface area contributed by atoms with Crippen LogP contribution < -0.4 is 9.64 Å². The number of halogens is 1. The molecule has 2 fully saturated rings. The topological polar surface area (TPSA) is 28.2 Å². The molecular formula is C17H26BrN3O2. The molecular weight excluding hydrogens is 358 g/mol. The van der Waals surface area contributed by atoms with E-state index in [1.165, 1.54) is 5.69 Å². The van der Waals surface area contributed by atoms with E-state index in [4.69, 9.17) is 9.47 Å². The summed E-state index contributed by atoms with van der Waals surface area (Å²) in [5, 5.41) is 0. The maximum atomic E-state index is 6.13. The lowest BCUT2D eigenvalue weighted by atomic mass is 10.2. The number of piperazine rings is 1. The van der Waals surface area contributed by atoms with E-state index in [0.717, 1.165) is 75.9 Å². The quantitative estimate of drug-likeness (QED) is 0.774. The van der Waals surface area contributed by atoms with Gasteiger partial charge in [0.15, 0.2) is 0 Å². The molecule has 1 aromatic rings. The summed E-state index contributed by atoms with van der Waals surface area (Å²) in [6.45, 7) is 9.67. The molecule has 3 rings (SSSR count). The van der Waals surface area contributed by atoms with Crippen LogP contribution >= 0.6 is 15.9 Å². The van der Waals surface area contributed by atoms with Crippen molar-refractivity contribution in [2.75, 3.05) is 77.6 Å². The lowest BCUT2D eigenvalue weighted by Crippen LogP contribution is -2.44. The maximum Gasteiger partial charge on any atom is 0.143 e. The summed E-state index contributed by atoms with van der Waals surface area (Å²) in [6.07, 6.45) is 0. The van der Waals surface area contributed by atoms with Crippen LogP contribution in [0.1, 0.15) is 0 Å². The number of nitrogens with zero attached hydrogens (tertiary/aromatic N) is 3. The highest BCUT2D eigenvalue weighted by Crippen LogP contribution is 2.32. The van der Waals surface area contributed by atoms with Crippen LogP contribution in [0.15, 0.2) is 22.7 Å². The van der Waals surface area contributed by atoms with Crippen molar-refractivity contribution in [3.05, 3.63) is 22.7 Å². The molecule has 2 aliphatic heterocycles. The van der Waals surface area contributed by atoms with E-state index in [1.807, 2.05) is 0 Å². The fourth-order valence-electron chi connectivity index (χ4n) is 3.02. The van der Waals surface area contributed by atoms with Crippen LogP contribution in [-0.4, -0.2) is 82.5 Å². The van der Waals surface area contributed by atoms with Crippen molar-refractivity contribution in [2.45, 2.75) is 0 Å². The van der Waals surface area contributed by atoms with E-state index in [9.17, 15) is 0 Å². The minimum absolute atomic E-state index is 0.719. The summed E-state index contributed by atoms with van der Waals surface area (Å²) >= 11 is 3.56. The largest absolute Gasteiger partial charge is 0.490 e. The third-order valence-electron chi connectivity index (χ3n) is 4.53. The van der Waals surface area contributed by atoms with Gasteiger partial charge >= 0.3 is 0 Å². The molecule has 1 aromatic carbocycles. The fraction of sp³-hybridized carbons (Fsp3) is 0.647. The van der Waals surface area contributed by atoms with Gasteiger partial charge in [0, 0.05) is 50.3 Å². The second kappa shape index (κ2) is 8.33. The molecule has 0 aliphatic carbocycles. The predicted octanol–water partition coefficient (Wildman–Crippen LogP) is 1.91. The zero-order valence-electron chi connectivity index (χ0n) is 13.8. The number of rotatable bonds is 5. The average molecular weight is 384 g/mol. The Bertz CT molecular complexity index is 501. The lowest BCUT2D eigenvalue weighted by molar-refractivity contribution is 0.0322. The van der Waals surface area contributed by atoms with E-state index < -0.39 is 0 Å². The zero-order valence-corrected chi connectivity index (χ0v) is 15.4. The molecule has 0 bridgehead atoms. The van der Waals surface area contributed by atoms with Crippen LogP contribution in [0.25, 0.3) is 0 Å². The summed E-state index contributed by atoms with van der Waals surface area (Å²) in [5.41, 5.74) is 1.21. The van der Waals surface area contributed by atoms with E-state index in [0.29, 0.717) is 0 Å². The van der Waals surface area contributed by atoms with Crippen LogP contribution in [0.3, 0.4) is 0 Å². The molecule has 0 atom stereocenters. The second-order valence-corrected chi connectivity index (χ2v) is 7.12. The summed E-state index contributed by atoms with van der Waals surface area (Å²) < 4.78 is 12.6. The Kier molecular flexibility index (Phi) is 6.16. The number of likely N-dealkylation sites (N-methyl/N-ethyl adjacent to an activating group) is 1. The molecule has 0 spiro atoms. The molecule has 0 radical (unpaired) electrons. The number of hydrogen-bond acceptors (Lipinski definition) is 5. The molecule has 5 nitrogen and oxygen atoms in total. The molecule has 0 aromatic heterocycles. The van der Waals surface area contributed by atoms with Gasteiger partial charge in [-0.3, -0.25) is 4.90 Å². The number of anilines is 1. The summed E-state index contributed by atoms with van der Waals surface area (Å²) in [6, 6.07) is 6.36. The number of ether oxygens (including phenoxy) is 2. The molecule has 0 unspecified atom stereocenters. The van der Waals surface area contributed by atoms with Crippen LogP contribution in [-0.2, 0) is 4.74 Å². The highest BCUT2D eigenvalue weighted by molar-refractivity contribution is 9.10. The maximum absolute atomic E-state index is 6.13. The van der Waals surface area contributed by atoms with Gasteiger partial charge in [-0.25, -0.2) is 0 Å². The third kappa shape index (κ3) is 4.83. The summed E-state index contributed by atoms with van der Waals surface area (Å²) in [4.78, 5) is 7.20. The Morgan fingerprint density at radius 2 is 1.83 bits per heavy atom.